The second-order valence-electron chi connectivity index (χ2n) is 4.79. The summed E-state index contributed by atoms with van der Waals surface area (Å²) in [5.41, 5.74) is 0.995. The zero-order valence-electron chi connectivity index (χ0n) is 11.6. The molecule has 22 heavy (non-hydrogen) atoms. The third kappa shape index (κ3) is 3.53. The zero-order valence-corrected chi connectivity index (χ0v) is 14.6. The molecule has 1 aliphatic rings. The number of halogens is 1. The summed E-state index contributed by atoms with van der Waals surface area (Å²) in [5, 5.41) is 0. The molecule has 1 aliphatic heterocycles. The van der Waals surface area contributed by atoms with Gasteiger partial charge < -0.3 is 9.47 Å². The van der Waals surface area contributed by atoms with E-state index in [4.69, 9.17) is 9.47 Å². The second-order valence-corrected chi connectivity index (χ2v) is 7.80. The Morgan fingerprint density at radius 2 is 1.77 bits per heavy atom. The fourth-order valence-electron chi connectivity index (χ4n) is 2.12. The standard InChI is InChI=1S/C15H14INO4S/c16-12-2-4-13(5-3-12)22(18,19)17-8-7-11-1-6-14-15(9-11)21-10-20-14/h1-6,9,17H,7-8,10H2. The van der Waals surface area contributed by atoms with E-state index in [1.165, 1.54) is 0 Å². The van der Waals surface area contributed by atoms with Gasteiger partial charge in [0, 0.05) is 10.1 Å². The summed E-state index contributed by atoms with van der Waals surface area (Å²) < 4.78 is 38.5. The van der Waals surface area contributed by atoms with E-state index in [1.54, 1.807) is 24.3 Å². The van der Waals surface area contributed by atoms with Gasteiger partial charge in [-0.25, -0.2) is 13.1 Å². The van der Waals surface area contributed by atoms with Gasteiger partial charge in [-0.1, -0.05) is 6.07 Å². The van der Waals surface area contributed by atoms with Gasteiger partial charge in [0.15, 0.2) is 11.5 Å². The highest BCUT2D eigenvalue weighted by Crippen LogP contribution is 2.32. The van der Waals surface area contributed by atoms with Gasteiger partial charge in [0.1, 0.15) is 0 Å². The first-order chi connectivity index (χ1) is 10.5. The van der Waals surface area contributed by atoms with Crippen molar-refractivity contribution < 1.29 is 17.9 Å². The van der Waals surface area contributed by atoms with Crippen molar-refractivity contribution in [3.05, 3.63) is 51.6 Å². The fourth-order valence-corrected chi connectivity index (χ4v) is 3.51. The third-order valence-corrected chi connectivity index (χ3v) is 5.46. The van der Waals surface area contributed by atoms with E-state index in [0.717, 1.165) is 14.9 Å². The van der Waals surface area contributed by atoms with Crippen LogP contribution in [0.25, 0.3) is 0 Å². The van der Waals surface area contributed by atoms with Crippen LogP contribution in [-0.2, 0) is 16.4 Å². The summed E-state index contributed by atoms with van der Waals surface area (Å²) in [5.74, 6) is 1.43. The van der Waals surface area contributed by atoms with Crippen LogP contribution in [0.15, 0.2) is 47.4 Å². The lowest BCUT2D eigenvalue weighted by atomic mass is 10.1. The van der Waals surface area contributed by atoms with Crippen LogP contribution in [0.5, 0.6) is 11.5 Å². The molecule has 0 aliphatic carbocycles. The van der Waals surface area contributed by atoms with Gasteiger partial charge >= 0.3 is 0 Å². The Balaban J connectivity index is 1.61. The van der Waals surface area contributed by atoms with E-state index >= 15 is 0 Å². The largest absolute Gasteiger partial charge is 0.454 e. The molecule has 2 aromatic rings. The van der Waals surface area contributed by atoms with Gasteiger partial charge in [-0.2, -0.15) is 0 Å². The molecule has 0 spiro atoms. The first kappa shape index (κ1) is 15.6. The minimum absolute atomic E-state index is 0.234. The maximum atomic E-state index is 12.2. The molecule has 0 radical (unpaired) electrons. The van der Waals surface area contributed by atoms with E-state index < -0.39 is 10.0 Å². The van der Waals surface area contributed by atoms with Crippen molar-refractivity contribution >= 4 is 32.6 Å². The molecule has 5 nitrogen and oxygen atoms in total. The zero-order chi connectivity index (χ0) is 15.6. The minimum atomic E-state index is -3.47. The van der Waals surface area contributed by atoms with Crippen LogP contribution in [0.3, 0.4) is 0 Å². The molecule has 0 atom stereocenters. The molecular formula is C15H14INO4S. The average molecular weight is 431 g/mol. The number of rotatable bonds is 5. The van der Waals surface area contributed by atoms with Gasteiger partial charge in [0.2, 0.25) is 16.8 Å². The van der Waals surface area contributed by atoms with Crippen LogP contribution >= 0.6 is 22.6 Å². The van der Waals surface area contributed by atoms with Gasteiger partial charge in [0.25, 0.3) is 0 Å². The SMILES string of the molecule is O=S(=O)(NCCc1ccc2c(c1)OCO2)c1ccc(I)cc1. The van der Waals surface area contributed by atoms with Gasteiger partial charge in [-0.05, 0) is 71.0 Å². The van der Waals surface area contributed by atoms with Crippen LogP contribution in [0.1, 0.15) is 5.56 Å². The molecule has 0 aromatic heterocycles. The molecule has 0 saturated carbocycles. The Hall–Kier alpha value is -1.32. The molecule has 7 heteroatoms. The first-order valence-corrected chi connectivity index (χ1v) is 9.24. The fraction of sp³-hybridized carbons (Fsp3) is 0.200. The topological polar surface area (TPSA) is 64.6 Å². The lowest BCUT2D eigenvalue weighted by Gasteiger charge is -2.07. The van der Waals surface area contributed by atoms with Gasteiger partial charge in [0.05, 0.1) is 4.90 Å². The van der Waals surface area contributed by atoms with Crippen LogP contribution in [-0.4, -0.2) is 21.8 Å². The molecule has 0 fully saturated rings. The van der Waals surface area contributed by atoms with E-state index in [2.05, 4.69) is 27.3 Å². The number of hydrogen-bond donors (Lipinski definition) is 1. The number of ether oxygens (including phenoxy) is 2. The summed E-state index contributed by atoms with van der Waals surface area (Å²) in [6.45, 7) is 0.562. The van der Waals surface area contributed by atoms with Crippen molar-refractivity contribution in [3.63, 3.8) is 0 Å². The number of benzene rings is 2. The molecule has 0 unspecified atom stereocenters. The van der Waals surface area contributed by atoms with E-state index in [-0.39, 0.29) is 11.7 Å². The van der Waals surface area contributed by atoms with Crippen LogP contribution in [0.4, 0.5) is 0 Å². The van der Waals surface area contributed by atoms with E-state index in [0.29, 0.717) is 18.7 Å². The van der Waals surface area contributed by atoms with Crippen LogP contribution in [0.2, 0.25) is 0 Å². The highest BCUT2D eigenvalue weighted by Gasteiger charge is 2.15. The van der Waals surface area contributed by atoms with E-state index in [9.17, 15) is 8.42 Å². The average Bonchev–Trinajstić information content (AvgIpc) is 2.95. The molecule has 2 aromatic carbocycles. The van der Waals surface area contributed by atoms with Crippen molar-refractivity contribution in [2.24, 2.45) is 0 Å². The van der Waals surface area contributed by atoms with Crippen molar-refractivity contribution in [2.75, 3.05) is 13.3 Å². The number of hydrogen-bond acceptors (Lipinski definition) is 4. The summed E-state index contributed by atoms with van der Waals surface area (Å²) in [7, 11) is -3.47. The molecule has 0 bridgehead atoms. The number of sulfonamides is 1. The van der Waals surface area contributed by atoms with Crippen LogP contribution in [0, 0.1) is 3.57 Å². The molecule has 3 rings (SSSR count). The molecule has 1 N–H and O–H groups in total. The second kappa shape index (κ2) is 6.43. The Morgan fingerprint density at radius 1 is 1.05 bits per heavy atom. The minimum Gasteiger partial charge on any atom is -0.454 e. The van der Waals surface area contributed by atoms with E-state index in [1.807, 2.05) is 18.2 Å². The monoisotopic (exact) mass is 431 g/mol. The van der Waals surface area contributed by atoms with Crippen molar-refractivity contribution in [1.29, 1.82) is 0 Å². The predicted molar refractivity (Wildman–Crippen MR) is 90.6 cm³/mol. The highest BCUT2D eigenvalue weighted by molar-refractivity contribution is 14.1. The van der Waals surface area contributed by atoms with Crippen molar-refractivity contribution in [2.45, 2.75) is 11.3 Å². The first-order valence-electron chi connectivity index (χ1n) is 6.68. The molecular weight excluding hydrogens is 417 g/mol. The van der Waals surface area contributed by atoms with Gasteiger partial charge in [-0.15, -0.1) is 0 Å². The lowest BCUT2D eigenvalue weighted by Crippen LogP contribution is -2.25. The molecule has 0 amide bonds. The number of fused-ring (bicyclic) bond motifs is 1. The summed E-state index contributed by atoms with van der Waals surface area (Å²) in [4.78, 5) is 0.276. The Morgan fingerprint density at radius 3 is 2.55 bits per heavy atom. The lowest BCUT2D eigenvalue weighted by molar-refractivity contribution is 0.174. The van der Waals surface area contributed by atoms with Crippen molar-refractivity contribution in [3.8, 4) is 11.5 Å². The third-order valence-electron chi connectivity index (χ3n) is 3.27. The normalized spacial score (nSPS) is 13.3. The Bertz CT molecular complexity index is 775. The molecule has 116 valence electrons. The summed E-state index contributed by atoms with van der Waals surface area (Å²) >= 11 is 2.14. The Labute approximate surface area is 142 Å². The van der Waals surface area contributed by atoms with Crippen molar-refractivity contribution in [1.82, 2.24) is 4.72 Å². The quantitative estimate of drug-likeness (QED) is 0.740. The molecule has 0 saturated heterocycles. The van der Waals surface area contributed by atoms with Gasteiger partial charge in [-0.3, -0.25) is 0 Å². The maximum Gasteiger partial charge on any atom is 0.240 e. The van der Waals surface area contributed by atoms with Crippen LogP contribution < -0.4 is 14.2 Å². The number of nitrogens with one attached hydrogen (secondary N) is 1. The summed E-state index contributed by atoms with van der Waals surface area (Å²) in [6.07, 6.45) is 0.584. The predicted octanol–water partition coefficient (Wildman–Crippen LogP) is 2.54. The summed E-state index contributed by atoms with van der Waals surface area (Å²) in [6, 6.07) is 12.4. The smallest absolute Gasteiger partial charge is 0.240 e. The highest BCUT2D eigenvalue weighted by atomic mass is 127. The molecule has 1 heterocycles. The maximum absolute atomic E-state index is 12.2. The Kier molecular flexibility index (Phi) is 4.55.